The first-order valence-corrected chi connectivity index (χ1v) is 8.82. The van der Waals surface area contributed by atoms with Gasteiger partial charge in [0.05, 0.1) is 12.1 Å². The fraction of sp³-hybridized carbons (Fsp3) is 0.611. The monoisotopic (exact) mass is 424 g/mol. The quantitative estimate of drug-likeness (QED) is 0.372. The SMILES string of the molecule is C=CCC[C@H](O)[C@H](NC(C)=O)[C@@H]1N[C@@H](C(=O)O)C[C@H]1/C=C\C.O=C(O)C(F)(F)F. The van der Waals surface area contributed by atoms with Crippen LogP contribution in [0, 0.1) is 5.92 Å². The average Bonchev–Trinajstić information content (AvgIpc) is 3.01. The van der Waals surface area contributed by atoms with Gasteiger partial charge in [-0.15, -0.1) is 6.58 Å². The molecule has 166 valence electrons. The highest BCUT2D eigenvalue weighted by Crippen LogP contribution is 2.27. The Morgan fingerprint density at radius 1 is 1.31 bits per heavy atom. The maximum absolute atomic E-state index is 11.5. The van der Waals surface area contributed by atoms with Crippen LogP contribution in [0.3, 0.4) is 0 Å². The summed E-state index contributed by atoms with van der Waals surface area (Å²) in [6, 6.07) is -1.53. The molecule has 1 heterocycles. The van der Waals surface area contributed by atoms with Gasteiger partial charge >= 0.3 is 18.1 Å². The number of allylic oxidation sites excluding steroid dienone is 2. The zero-order chi connectivity index (χ0) is 22.8. The van der Waals surface area contributed by atoms with E-state index in [9.17, 15) is 33.0 Å². The maximum atomic E-state index is 11.5. The minimum atomic E-state index is -5.08. The molecule has 0 aromatic heterocycles. The third kappa shape index (κ3) is 9.57. The Morgan fingerprint density at radius 2 is 1.86 bits per heavy atom. The smallest absolute Gasteiger partial charge is 0.480 e. The Morgan fingerprint density at radius 3 is 2.24 bits per heavy atom. The summed E-state index contributed by atoms with van der Waals surface area (Å²) in [6.07, 6.45) is 1.18. The van der Waals surface area contributed by atoms with Crippen LogP contribution in [0.5, 0.6) is 0 Å². The van der Waals surface area contributed by atoms with Crippen LogP contribution in [0.15, 0.2) is 24.8 Å². The molecule has 1 fully saturated rings. The number of hydrogen-bond acceptors (Lipinski definition) is 5. The minimum absolute atomic E-state index is 0.0543. The van der Waals surface area contributed by atoms with Crippen LogP contribution in [-0.4, -0.2) is 63.6 Å². The lowest BCUT2D eigenvalue weighted by Crippen LogP contribution is -2.56. The van der Waals surface area contributed by atoms with Crippen molar-refractivity contribution in [1.82, 2.24) is 10.6 Å². The van der Waals surface area contributed by atoms with Crippen molar-refractivity contribution in [3.05, 3.63) is 24.8 Å². The van der Waals surface area contributed by atoms with Gasteiger partial charge in [0.25, 0.3) is 0 Å². The summed E-state index contributed by atoms with van der Waals surface area (Å²) in [7, 11) is 0. The fourth-order valence-electron chi connectivity index (χ4n) is 2.96. The molecule has 5 atom stereocenters. The highest BCUT2D eigenvalue weighted by Gasteiger charge is 2.42. The second-order valence-electron chi connectivity index (χ2n) is 6.47. The molecule has 8 nitrogen and oxygen atoms in total. The number of nitrogens with one attached hydrogen (secondary N) is 2. The maximum Gasteiger partial charge on any atom is 0.490 e. The van der Waals surface area contributed by atoms with Gasteiger partial charge in [0.1, 0.15) is 6.04 Å². The highest BCUT2D eigenvalue weighted by molar-refractivity contribution is 5.75. The van der Waals surface area contributed by atoms with Crippen LogP contribution in [0.2, 0.25) is 0 Å². The van der Waals surface area contributed by atoms with Gasteiger partial charge < -0.3 is 20.6 Å². The Hall–Kier alpha value is -2.40. The summed E-state index contributed by atoms with van der Waals surface area (Å²) in [5.41, 5.74) is 0. The number of alkyl halides is 3. The predicted octanol–water partition coefficient (Wildman–Crippen LogP) is 1.46. The summed E-state index contributed by atoms with van der Waals surface area (Å²) < 4.78 is 31.7. The first-order valence-electron chi connectivity index (χ1n) is 8.82. The van der Waals surface area contributed by atoms with Gasteiger partial charge in [0.2, 0.25) is 5.91 Å². The molecule has 0 unspecified atom stereocenters. The van der Waals surface area contributed by atoms with Crippen LogP contribution in [0.4, 0.5) is 13.2 Å². The van der Waals surface area contributed by atoms with Crippen molar-refractivity contribution < 1.29 is 42.9 Å². The number of carboxylic acids is 2. The molecule has 0 aliphatic carbocycles. The van der Waals surface area contributed by atoms with Crippen molar-refractivity contribution in [2.24, 2.45) is 5.92 Å². The Labute approximate surface area is 166 Å². The number of carboxylic acid groups (broad SMARTS) is 2. The van der Waals surface area contributed by atoms with E-state index in [0.29, 0.717) is 19.3 Å². The topological polar surface area (TPSA) is 136 Å². The zero-order valence-electron chi connectivity index (χ0n) is 16.1. The molecule has 1 saturated heterocycles. The third-order valence-corrected chi connectivity index (χ3v) is 4.18. The fourth-order valence-corrected chi connectivity index (χ4v) is 2.96. The zero-order valence-corrected chi connectivity index (χ0v) is 16.1. The number of aliphatic hydroxyl groups excluding tert-OH is 1. The van der Waals surface area contributed by atoms with Crippen LogP contribution in [0.1, 0.15) is 33.1 Å². The molecule has 11 heteroatoms. The molecule has 0 saturated carbocycles. The number of carbonyl (C=O) groups excluding carboxylic acids is 1. The van der Waals surface area contributed by atoms with E-state index in [2.05, 4.69) is 17.2 Å². The van der Waals surface area contributed by atoms with Crippen LogP contribution in [0.25, 0.3) is 0 Å². The number of rotatable bonds is 8. The molecule has 0 radical (unpaired) electrons. The van der Waals surface area contributed by atoms with Gasteiger partial charge in [0.15, 0.2) is 0 Å². The Balaban J connectivity index is 0.000000956. The second kappa shape index (κ2) is 12.2. The summed E-state index contributed by atoms with van der Waals surface area (Å²) in [5.74, 6) is -3.98. The van der Waals surface area contributed by atoms with E-state index in [4.69, 9.17) is 9.90 Å². The van der Waals surface area contributed by atoms with E-state index < -0.39 is 36.3 Å². The Kier molecular flexibility index (Phi) is 11.2. The molecule has 0 spiro atoms. The van der Waals surface area contributed by atoms with E-state index in [-0.39, 0.29) is 17.9 Å². The number of carbonyl (C=O) groups is 3. The van der Waals surface area contributed by atoms with E-state index >= 15 is 0 Å². The van der Waals surface area contributed by atoms with Crippen LogP contribution in [-0.2, 0) is 14.4 Å². The van der Waals surface area contributed by atoms with Crippen molar-refractivity contribution in [2.45, 2.75) is 63.5 Å². The van der Waals surface area contributed by atoms with Crippen molar-refractivity contribution in [3.8, 4) is 0 Å². The van der Waals surface area contributed by atoms with Gasteiger partial charge in [-0.05, 0) is 32.1 Å². The van der Waals surface area contributed by atoms with Gasteiger partial charge in [-0.1, -0.05) is 18.2 Å². The lowest BCUT2D eigenvalue weighted by Gasteiger charge is -2.32. The standard InChI is InChI=1S/C16H26N2O4.C2HF3O2/c1-4-6-8-13(20)15(17-10(3)19)14-11(7-5-2)9-12(18-14)16(21)22;3-2(4,5)1(6)7/h4-5,7,11-15,18,20H,1,6,8-9H2,2-3H3,(H,17,19)(H,21,22);(H,6,7)/b7-5-;/t11-,12-,13+,14-,15+;/m1./s1. The molecule has 29 heavy (non-hydrogen) atoms. The normalized spacial score (nSPS) is 23.6. The van der Waals surface area contributed by atoms with Crippen LogP contribution >= 0.6 is 0 Å². The first-order chi connectivity index (χ1) is 13.3. The van der Waals surface area contributed by atoms with Crippen molar-refractivity contribution in [2.75, 3.05) is 0 Å². The van der Waals surface area contributed by atoms with Gasteiger partial charge in [0, 0.05) is 13.0 Å². The largest absolute Gasteiger partial charge is 0.490 e. The van der Waals surface area contributed by atoms with Gasteiger partial charge in [-0.3, -0.25) is 14.9 Å². The lowest BCUT2D eigenvalue weighted by molar-refractivity contribution is -0.192. The minimum Gasteiger partial charge on any atom is -0.480 e. The molecular formula is C18H27F3N2O6. The van der Waals surface area contributed by atoms with Crippen molar-refractivity contribution in [1.29, 1.82) is 0 Å². The number of halogens is 3. The summed E-state index contributed by atoms with van der Waals surface area (Å²) in [4.78, 5) is 31.6. The number of amides is 1. The molecule has 1 rings (SSSR count). The molecule has 0 aromatic rings. The molecular weight excluding hydrogens is 397 g/mol. The lowest BCUT2D eigenvalue weighted by atomic mass is 9.89. The first kappa shape index (κ1) is 26.6. The van der Waals surface area contributed by atoms with Gasteiger partial charge in [-0.2, -0.15) is 13.2 Å². The number of aliphatic carboxylic acids is 2. The average molecular weight is 424 g/mol. The molecule has 0 bridgehead atoms. The van der Waals surface area contributed by atoms with E-state index in [1.54, 1.807) is 6.08 Å². The molecule has 1 amide bonds. The van der Waals surface area contributed by atoms with Crippen molar-refractivity contribution in [3.63, 3.8) is 0 Å². The molecule has 5 N–H and O–H groups in total. The summed E-state index contributed by atoms with van der Waals surface area (Å²) in [5, 5.41) is 32.5. The second-order valence-corrected chi connectivity index (χ2v) is 6.47. The Bertz CT molecular complexity index is 609. The summed E-state index contributed by atoms with van der Waals surface area (Å²) >= 11 is 0. The highest BCUT2D eigenvalue weighted by atomic mass is 19.4. The molecule has 1 aliphatic rings. The van der Waals surface area contributed by atoms with Gasteiger partial charge in [-0.25, -0.2) is 4.79 Å². The van der Waals surface area contributed by atoms with E-state index in [0.717, 1.165) is 0 Å². The predicted molar refractivity (Wildman–Crippen MR) is 98.0 cm³/mol. The van der Waals surface area contributed by atoms with Crippen molar-refractivity contribution >= 4 is 17.8 Å². The third-order valence-electron chi connectivity index (χ3n) is 4.18. The van der Waals surface area contributed by atoms with E-state index in [1.807, 2.05) is 19.1 Å². The molecule has 1 aliphatic heterocycles. The molecule has 0 aromatic carbocycles. The van der Waals surface area contributed by atoms with E-state index in [1.165, 1.54) is 6.92 Å². The number of aliphatic hydroxyl groups is 1. The van der Waals surface area contributed by atoms with Crippen LogP contribution < -0.4 is 10.6 Å². The number of hydrogen-bond donors (Lipinski definition) is 5. The summed E-state index contributed by atoms with van der Waals surface area (Å²) in [6.45, 7) is 6.89.